The number of hydrogen-bond acceptors (Lipinski definition) is 8. The van der Waals surface area contributed by atoms with Crippen molar-refractivity contribution in [2.75, 3.05) is 75.9 Å². The molecule has 1 amide bonds. The molecule has 0 radical (unpaired) electrons. The third kappa shape index (κ3) is 3.89. The van der Waals surface area contributed by atoms with E-state index in [1.807, 2.05) is 22.4 Å². The van der Waals surface area contributed by atoms with Gasteiger partial charge in [0.1, 0.15) is 5.82 Å². The first-order valence-electron chi connectivity index (χ1n) is 10.7. The van der Waals surface area contributed by atoms with Crippen LogP contribution in [0.2, 0.25) is 0 Å². The van der Waals surface area contributed by atoms with E-state index in [0.29, 0.717) is 26.3 Å². The van der Waals surface area contributed by atoms with Gasteiger partial charge >= 0.3 is 0 Å². The number of anilines is 2. The van der Waals surface area contributed by atoms with E-state index in [0.717, 1.165) is 73.6 Å². The van der Waals surface area contributed by atoms with Crippen LogP contribution < -0.4 is 9.80 Å². The molecule has 0 N–H and O–H groups in total. The summed E-state index contributed by atoms with van der Waals surface area (Å²) in [7, 11) is 2.16. The van der Waals surface area contributed by atoms with Gasteiger partial charge in [-0.1, -0.05) is 6.07 Å². The number of thiophene rings is 1. The molecule has 0 spiro atoms. The number of rotatable bonds is 3. The van der Waals surface area contributed by atoms with E-state index in [1.165, 1.54) is 11.3 Å². The second kappa shape index (κ2) is 8.49. The Morgan fingerprint density at radius 1 is 1.03 bits per heavy atom. The highest BCUT2D eigenvalue weighted by Gasteiger charge is 2.30. The van der Waals surface area contributed by atoms with Crippen molar-refractivity contribution >= 4 is 29.0 Å². The van der Waals surface area contributed by atoms with Crippen LogP contribution in [0.3, 0.4) is 0 Å². The normalized spacial score (nSPS) is 20.4. The molecule has 0 aromatic carbocycles. The van der Waals surface area contributed by atoms with Crippen LogP contribution in [0.15, 0.2) is 17.5 Å². The van der Waals surface area contributed by atoms with Crippen LogP contribution in [0, 0.1) is 0 Å². The highest BCUT2D eigenvalue weighted by atomic mass is 32.1. The van der Waals surface area contributed by atoms with Gasteiger partial charge in [-0.2, -0.15) is 4.98 Å². The average Bonchev–Trinajstić information content (AvgIpc) is 3.34. The standard InChI is InChI=1S/C21H28N6O2S/c1-24-6-8-25(9-7-24)19-16-15-27(20(28)18-3-2-14-30-18)5-4-17(16)22-21(23-19)26-10-12-29-13-11-26/h2-3,14H,4-13,15H2,1H3. The number of carbonyl (C=O) groups excluding carboxylic acids is 1. The SMILES string of the molecule is CN1CCN(c2nc(N3CCOCC3)nc3c2CN(C(=O)c2cccs2)CC3)CC1. The van der Waals surface area contributed by atoms with Gasteiger partial charge in [-0.15, -0.1) is 11.3 Å². The molecule has 8 nitrogen and oxygen atoms in total. The molecule has 2 aromatic heterocycles. The average molecular weight is 429 g/mol. The Kier molecular flexibility index (Phi) is 5.58. The van der Waals surface area contributed by atoms with Crippen molar-refractivity contribution in [3.63, 3.8) is 0 Å². The molecule has 5 rings (SSSR count). The van der Waals surface area contributed by atoms with E-state index >= 15 is 0 Å². The molecule has 160 valence electrons. The molecule has 0 aliphatic carbocycles. The van der Waals surface area contributed by atoms with E-state index in [9.17, 15) is 4.79 Å². The van der Waals surface area contributed by atoms with Gasteiger partial charge in [0.2, 0.25) is 5.95 Å². The zero-order valence-electron chi connectivity index (χ0n) is 17.4. The predicted molar refractivity (Wildman–Crippen MR) is 118 cm³/mol. The lowest BCUT2D eigenvalue weighted by Crippen LogP contribution is -2.46. The highest BCUT2D eigenvalue weighted by Crippen LogP contribution is 2.31. The lowest BCUT2D eigenvalue weighted by atomic mass is 10.0. The third-order valence-electron chi connectivity index (χ3n) is 6.14. The maximum absolute atomic E-state index is 13.0. The first-order chi connectivity index (χ1) is 14.7. The molecule has 0 bridgehead atoms. The van der Waals surface area contributed by atoms with Crippen LogP contribution in [0.1, 0.15) is 20.9 Å². The molecule has 2 fully saturated rings. The van der Waals surface area contributed by atoms with Crippen molar-refractivity contribution in [1.82, 2.24) is 19.8 Å². The maximum Gasteiger partial charge on any atom is 0.264 e. The van der Waals surface area contributed by atoms with E-state index in [2.05, 4.69) is 21.7 Å². The molecular formula is C21H28N6O2S. The Hall–Kier alpha value is -2.23. The number of carbonyl (C=O) groups is 1. The summed E-state index contributed by atoms with van der Waals surface area (Å²) in [6, 6.07) is 3.84. The van der Waals surface area contributed by atoms with E-state index in [4.69, 9.17) is 14.7 Å². The molecule has 2 aromatic rings. The number of amides is 1. The van der Waals surface area contributed by atoms with Crippen molar-refractivity contribution in [3.8, 4) is 0 Å². The Morgan fingerprint density at radius 3 is 2.57 bits per heavy atom. The molecule has 0 unspecified atom stereocenters. The Balaban J connectivity index is 1.47. The quantitative estimate of drug-likeness (QED) is 0.731. The molecular weight excluding hydrogens is 400 g/mol. The first kappa shape index (κ1) is 19.7. The van der Waals surface area contributed by atoms with Gasteiger partial charge < -0.3 is 24.3 Å². The van der Waals surface area contributed by atoms with Gasteiger partial charge in [-0.3, -0.25) is 4.79 Å². The predicted octanol–water partition coefficient (Wildman–Crippen LogP) is 1.33. The number of nitrogens with zero attached hydrogens (tertiary/aromatic N) is 6. The van der Waals surface area contributed by atoms with Crippen molar-refractivity contribution < 1.29 is 9.53 Å². The Labute approximate surface area is 181 Å². The van der Waals surface area contributed by atoms with Crippen LogP contribution in [0.25, 0.3) is 0 Å². The summed E-state index contributed by atoms with van der Waals surface area (Å²) in [5, 5.41) is 1.96. The molecule has 3 aliphatic heterocycles. The summed E-state index contributed by atoms with van der Waals surface area (Å²) in [6.45, 7) is 8.28. The molecule has 9 heteroatoms. The fourth-order valence-electron chi connectivity index (χ4n) is 4.30. The zero-order valence-corrected chi connectivity index (χ0v) is 18.2. The number of morpholine rings is 1. The van der Waals surface area contributed by atoms with Crippen LogP contribution in [0.5, 0.6) is 0 Å². The second-order valence-corrected chi connectivity index (χ2v) is 9.06. The summed E-state index contributed by atoms with van der Waals surface area (Å²) >= 11 is 1.50. The Bertz CT molecular complexity index is 891. The van der Waals surface area contributed by atoms with E-state index in [-0.39, 0.29) is 5.91 Å². The monoisotopic (exact) mass is 428 g/mol. The summed E-state index contributed by atoms with van der Waals surface area (Å²) in [5.41, 5.74) is 2.21. The smallest absolute Gasteiger partial charge is 0.264 e. The first-order valence-corrected chi connectivity index (χ1v) is 11.6. The fraction of sp³-hybridized carbons (Fsp3) is 0.571. The number of likely N-dealkylation sites (N-methyl/N-ethyl adjacent to an activating group) is 1. The van der Waals surface area contributed by atoms with Crippen LogP contribution in [-0.2, 0) is 17.7 Å². The number of aromatic nitrogens is 2. The van der Waals surface area contributed by atoms with Crippen molar-refractivity contribution in [2.45, 2.75) is 13.0 Å². The van der Waals surface area contributed by atoms with Gasteiger partial charge in [-0.25, -0.2) is 4.98 Å². The van der Waals surface area contributed by atoms with Gasteiger partial charge in [0, 0.05) is 57.8 Å². The minimum Gasteiger partial charge on any atom is -0.378 e. The Morgan fingerprint density at radius 2 is 1.83 bits per heavy atom. The minimum absolute atomic E-state index is 0.109. The molecule has 0 atom stereocenters. The zero-order chi connectivity index (χ0) is 20.5. The summed E-state index contributed by atoms with van der Waals surface area (Å²) in [5.74, 6) is 1.93. The van der Waals surface area contributed by atoms with E-state index in [1.54, 1.807) is 0 Å². The number of ether oxygens (including phenoxy) is 1. The van der Waals surface area contributed by atoms with E-state index < -0.39 is 0 Å². The fourth-order valence-corrected chi connectivity index (χ4v) is 4.99. The summed E-state index contributed by atoms with van der Waals surface area (Å²) in [4.78, 5) is 32.7. The summed E-state index contributed by atoms with van der Waals surface area (Å²) < 4.78 is 5.51. The van der Waals surface area contributed by atoms with Crippen LogP contribution >= 0.6 is 11.3 Å². The van der Waals surface area contributed by atoms with Gasteiger partial charge in [0.25, 0.3) is 5.91 Å². The van der Waals surface area contributed by atoms with Crippen molar-refractivity contribution in [2.24, 2.45) is 0 Å². The number of piperazine rings is 1. The van der Waals surface area contributed by atoms with Crippen LogP contribution in [-0.4, -0.2) is 91.7 Å². The second-order valence-electron chi connectivity index (χ2n) is 8.12. The molecule has 30 heavy (non-hydrogen) atoms. The summed E-state index contributed by atoms with van der Waals surface area (Å²) in [6.07, 6.45) is 0.771. The van der Waals surface area contributed by atoms with Crippen molar-refractivity contribution in [3.05, 3.63) is 33.6 Å². The lowest BCUT2D eigenvalue weighted by Gasteiger charge is -2.38. The number of hydrogen-bond donors (Lipinski definition) is 0. The number of fused-ring (bicyclic) bond motifs is 1. The molecule has 2 saturated heterocycles. The third-order valence-corrected chi connectivity index (χ3v) is 7.00. The molecule has 5 heterocycles. The van der Waals surface area contributed by atoms with Gasteiger partial charge in [-0.05, 0) is 18.5 Å². The molecule has 3 aliphatic rings. The maximum atomic E-state index is 13.0. The molecule has 0 saturated carbocycles. The van der Waals surface area contributed by atoms with Crippen molar-refractivity contribution in [1.29, 1.82) is 0 Å². The van der Waals surface area contributed by atoms with Crippen LogP contribution in [0.4, 0.5) is 11.8 Å². The highest BCUT2D eigenvalue weighted by molar-refractivity contribution is 7.12. The largest absolute Gasteiger partial charge is 0.378 e. The lowest BCUT2D eigenvalue weighted by molar-refractivity contribution is 0.0738. The van der Waals surface area contributed by atoms with Gasteiger partial charge in [0.05, 0.1) is 30.3 Å². The topological polar surface area (TPSA) is 65.0 Å². The van der Waals surface area contributed by atoms with Gasteiger partial charge in [0.15, 0.2) is 0 Å². The minimum atomic E-state index is 0.109.